The first kappa shape index (κ1) is 16.5. The molecule has 3 heterocycles. The van der Waals surface area contributed by atoms with Gasteiger partial charge in [0.2, 0.25) is 0 Å². The van der Waals surface area contributed by atoms with Crippen molar-refractivity contribution in [3.8, 4) is 6.07 Å². The van der Waals surface area contributed by atoms with Crippen LogP contribution in [0.15, 0.2) is 6.07 Å². The number of aliphatic hydroxyl groups is 1. The summed E-state index contributed by atoms with van der Waals surface area (Å²) in [5.74, 6) is 1.37. The van der Waals surface area contributed by atoms with Gasteiger partial charge in [0.05, 0.1) is 22.4 Å². The summed E-state index contributed by atoms with van der Waals surface area (Å²) >= 11 is 6.35. The minimum Gasteiger partial charge on any atom is -0.392 e. The molecule has 1 N–H and O–H groups in total. The van der Waals surface area contributed by atoms with Crippen LogP contribution in [0.4, 0.5) is 5.82 Å². The van der Waals surface area contributed by atoms with Crippen LogP contribution in [-0.2, 0) is 0 Å². The molecular weight excluding hydrogens is 312 g/mol. The smallest absolute Gasteiger partial charge is 0.147 e. The van der Waals surface area contributed by atoms with Crippen molar-refractivity contribution in [1.82, 2.24) is 9.88 Å². The fraction of sp³-hybridized carbons (Fsp3) is 0.647. The highest BCUT2D eigenvalue weighted by Gasteiger charge is 2.27. The number of pyridine rings is 1. The highest BCUT2D eigenvalue weighted by Crippen LogP contribution is 2.30. The van der Waals surface area contributed by atoms with E-state index in [9.17, 15) is 5.11 Å². The van der Waals surface area contributed by atoms with Gasteiger partial charge >= 0.3 is 0 Å². The first-order valence-electron chi connectivity index (χ1n) is 8.29. The molecule has 2 atom stereocenters. The normalized spacial score (nSPS) is 25.6. The van der Waals surface area contributed by atoms with Crippen LogP contribution in [-0.4, -0.2) is 53.8 Å². The average Bonchev–Trinajstić information content (AvgIpc) is 2.94. The summed E-state index contributed by atoms with van der Waals surface area (Å²) in [6.45, 7) is 6.56. The van der Waals surface area contributed by atoms with Gasteiger partial charge in [-0.2, -0.15) is 5.26 Å². The van der Waals surface area contributed by atoms with Crippen molar-refractivity contribution in [1.29, 1.82) is 5.26 Å². The zero-order chi connectivity index (χ0) is 16.4. The van der Waals surface area contributed by atoms with E-state index in [-0.39, 0.29) is 6.10 Å². The van der Waals surface area contributed by atoms with Crippen LogP contribution in [0.2, 0.25) is 5.02 Å². The number of halogens is 1. The maximum absolute atomic E-state index is 9.67. The summed E-state index contributed by atoms with van der Waals surface area (Å²) in [5.41, 5.74) is 1.27. The second-order valence-corrected chi connectivity index (χ2v) is 7.10. The summed E-state index contributed by atoms with van der Waals surface area (Å²) in [6, 6.07) is 3.85. The third kappa shape index (κ3) is 3.77. The Hall–Kier alpha value is -1.35. The molecule has 0 aromatic carbocycles. The van der Waals surface area contributed by atoms with Gasteiger partial charge in [-0.25, -0.2) is 4.98 Å². The molecule has 0 saturated carbocycles. The van der Waals surface area contributed by atoms with Crippen molar-refractivity contribution in [2.75, 3.05) is 37.6 Å². The Labute approximate surface area is 142 Å². The van der Waals surface area contributed by atoms with Gasteiger partial charge in [0.1, 0.15) is 11.9 Å². The maximum atomic E-state index is 9.67. The van der Waals surface area contributed by atoms with E-state index in [1.54, 1.807) is 6.07 Å². The van der Waals surface area contributed by atoms with Gasteiger partial charge in [-0.15, -0.1) is 0 Å². The van der Waals surface area contributed by atoms with Gasteiger partial charge in [0, 0.05) is 32.7 Å². The lowest BCUT2D eigenvalue weighted by molar-refractivity contribution is 0.167. The van der Waals surface area contributed by atoms with E-state index >= 15 is 0 Å². The van der Waals surface area contributed by atoms with E-state index in [4.69, 9.17) is 16.9 Å². The van der Waals surface area contributed by atoms with Crippen molar-refractivity contribution in [3.05, 3.63) is 22.3 Å². The third-order valence-corrected chi connectivity index (χ3v) is 5.13. The number of aromatic nitrogens is 1. The number of β-amino-alcohol motifs (C(OH)–C–C–N with tert-alkyl or cyclic N) is 1. The van der Waals surface area contributed by atoms with Crippen molar-refractivity contribution in [2.45, 2.75) is 32.3 Å². The zero-order valence-corrected chi connectivity index (χ0v) is 14.3. The average molecular weight is 335 g/mol. The molecule has 23 heavy (non-hydrogen) atoms. The minimum atomic E-state index is -0.160. The van der Waals surface area contributed by atoms with E-state index in [0.717, 1.165) is 57.1 Å². The Bertz CT molecular complexity index is 615. The molecule has 0 bridgehead atoms. The predicted molar refractivity (Wildman–Crippen MR) is 90.7 cm³/mol. The highest BCUT2D eigenvalue weighted by molar-refractivity contribution is 6.33. The van der Waals surface area contributed by atoms with Gasteiger partial charge in [-0.05, 0) is 38.2 Å². The van der Waals surface area contributed by atoms with E-state index in [2.05, 4.69) is 20.9 Å². The number of aryl methyl sites for hydroxylation is 1. The van der Waals surface area contributed by atoms with Gasteiger partial charge < -0.3 is 14.9 Å². The third-order valence-electron chi connectivity index (χ3n) is 4.85. The molecule has 2 saturated heterocycles. The summed E-state index contributed by atoms with van der Waals surface area (Å²) in [5, 5.41) is 19.3. The number of nitriles is 1. The summed E-state index contributed by atoms with van der Waals surface area (Å²) in [7, 11) is 0. The molecule has 0 spiro atoms. The number of piperidine rings is 1. The Kier molecular flexibility index (Phi) is 5.05. The lowest BCUT2D eigenvalue weighted by Gasteiger charge is -2.36. The topological polar surface area (TPSA) is 63.4 Å². The van der Waals surface area contributed by atoms with Crippen molar-refractivity contribution in [2.24, 2.45) is 5.92 Å². The molecule has 2 aliphatic rings. The second kappa shape index (κ2) is 7.04. The molecule has 1 aromatic rings. The molecule has 1 aromatic heterocycles. The molecule has 0 amide bonds. The molecule has 5 nitrogen and oxygen atoms in total. The van der Waals surface area contributed by atoms with Gasteiger partial charge in [0.25, 0.3) is 0 Å². The molecule has 3 rings (SSSR count). The summed E-state index contributed by atoms with van der Waals surface area (Å²) in [4.78, 5) is 9.17. The number of hydrogen-bond acceptors (Lipinski definition) is 5. The van der Waals surface area contributed by atoms with Crippen molar-refractivity contribution >= 4 is 17.4 Å². The van der Waals surface area contributed by atoms with Crippen LogP contribution in [0.3, 0.4) is 0 Å². The molecule has 2 unspecified atom stereocenters. The maximum Gasteiger partial charge on any atom is 0.147 e. The molecule has 2 fully saturated rings. The van der Waals surface area contributed by atoms with Crippen LogP contribution in [0.1, 0.15) is 30.5 Å². The number of rotatable bonds is 3. The number of nitrogens with zero attached hydrogens (tertiary/aromatic N) is 4. The van der Waals surface area contributed by atoms with E-state index in [1.165, 1.54) is 6.42 Å². The van der Waals surface area contributed by atoms with Crippen LogP contribution in [0.25, 0.3) is 0 Å². The second-order valence-electron chi connectivity index (χ2n) is 6.69. The Morgan fingerprint density at radius 1 is 1.39 bits per heavy atom. The SMILES string of the molecule is Cc1nc(N2CCCC(CN3CCC(O)C3)C2)c(Cl)cc1C#N. The predicted octanol–water partition coefficient (Wildman–Crippen LogP) is 2.20. The first-order valence-corrected chi connectivity index (χ1v) is 8.67. The fourth-order valence-electron chi connectivity index (χ4n) is 3.65. The Balaban J connectivity index is 1.69. The summed E-state index contributed by atoms with van der Waals surface area (Å²) in [6.07, 6.45) is 3.05. The standard InChI is InChI=1S/C17H23ClN4O/c1-12-14(8-19)7-16(18)17(20-12)22-5-2-3-13(10-22)9-21-6-4-15(23)11-21/h7,13,15,23H,2-6,9-11H2,1H3. The lowest BCUT2D eigenvalue weighted by Crippen LogP contribution is -2.41. The van der Waals surface area contributed by atoms with Crippen LogP contribution in [0, 0.1) is 24.2 Å². The largest absolute Gasteiger partial charge is 0.392 e. The van der Waals surface area contributed by atoms with E-state index in [1.807, 2.05) is 6.92 Å². The Morgan fingerprint density at radius 2 is 2.22 bits per heavy atom. The first-order chi connectivity index (χ1) is 11.1. The monoisotopic (exact) mass is 334 g/mol. The summed E-state index contributed by atoms with van der Waals surface area (Å²) < 4.78 is 0. The molecule has 0 radical (unpaired) electrons. The van der Waals surface area contributed by atoms with Gasteiger partial charge in [-0.3, -0.25) is 0 Å². The van der Waals surface area contributed by atoms with Crippen LogP contribution < -0.4 is 4.90 Å². The molecule has 124 valence electrons. The van der Waals surface area contributed by atoms with E-state index in [0.29, 0.717) is 16.5 Å². The van der Waals surface area contributed by atoms with Crippen molar-refractivity contribution in [3.63, 3.8) is 0 Å². The number of anilines is 1. The highest BCUT2D eigenvalue weighted by atomic mass is 35.5. The minimum absolute atomic E-state index is 0.160. The number of aliphatic hydroxyl groups excluding tert-OH is 1. The number of likely N-dealkylation sites (tertiary alicyclic amines) is 1. The van der Waals surface area contributed by atoms with Crippen LogP contribution in [0.5, 0.6) is 0 Å². The van der Waals surface area contributed by atoms with E-state index < -0.39 is 0 Å². The van der Waals surface area contributed by atoms with Gasteiger partial charge in [0.15, 0.2) is 0 Å². The lowest BCUT2D eigenvalue weighted by atomic mass is 9.97. The molecule has 6 heteroatoms. The quantitative estimate of drug-likeness (QED) is 0.918. The van der Waals surface area contributed by atoms with Crippen molar-refractivity contribution < 1.29 is 5.11 Å². The van der Waals surface area contributed by atoms with Crippen LogP contribution >= 0.6 is 11.6 Å². The fourth-order valence-corrected chi connectivity index (χ4v) is 3.92. The molecule has 0 aliphatic carbocycles. The number of hydrogen-bond donors (Lipinski definition) is 1. The molecule has 2 aliphatic heterocycles. The molecular formula is C17H23ClN4O. The zero-order valence-electron chi connectivity index (χ0n) is 13.5. The Morgan fingerprint density at radius 3 is 2.91 bits per heavy atom. The van der Waals surface area contributed by atoms with Gasteiger partial charge in [-0.1, -0.05) is 11.6 Å².